The smallest absolute Gasteiger partial charge is 0.317 e. The van der Waals surface area contributed by atoms with E-state index in [0.29, 0.717) is 6.54 Å². The molecule has 1 unspecified atom stereocenters. The maximum absolute atomic E-state index is 11.9. The van der Waals surface area contributed by atoms with Crippen LogP contribution in [0.15, 0.2) is 0 Å². The molecule has 0 saturated carbocycles. The van der Waals surface area contributed by atoms with Crippen LogP contribution in [-0.4, -0.2) is 41.8 Å². The van der Waals surface area contributed by atoms with Crippen molar-refractivity contribution in [3.63, 3.8) is 0 Å². The fourth-order valence-corrected chi connectivity index (χ4v) is 2.16. The summed E-state index contributed by atoms with van der Waals surface area (Å²) >= 11 is 0. The van der Waals surface area contributed by atoms with Gasteiger partial charge in [-0.3, -0.25) is 0 Å². The van der Waals surface area contributed by atoms with E-state index < -0.39 is 0 Å². The third-order valence-corrected chi connectivity index (χ3v) is 3.38. The molecule has 0 aromatic heterocycles. The van der Waals surface area contributed by atoms with Gasteiger partial charge in [0.1, 0.15) is 0 Å². The zero-order chi connectivity index (χ0) is 12.0. The summed E-state index contributed by atoms with van der Waals surface area (Å²) in [6, 6.07) is 0.314. The number of amides is 2. The number of carbonyl (C=O) groups excluding carboxylic acids is 1. The second-order valence-corrected chi connectivity index (χ2v) is 4.60. The molecular formula is C12H24N2O2. The molecule has 4 heteroatoms. The molecule has 4 nitrogen and oxygen atoms in total. The fraction of sp³-hybridized carbons (Fsp3) is 0.917. The van der Waals surface area contributed by atoms with Crippen molar-refractivity contribution in [1.82, 2.24) is 10.2 Å². The second-order valence-electron chi connectivity index (χ2n) is 4.60. The van der Waals surface area contributed by atoms with Gasteiger partial charge in [-0.15, -0.1) is 0 Å². The Morgan fingerprint density at radius 2 is 2.19 bits per heavy atom. The van der Waals surface area contributed by atoms with E-state index in [1.807, 2.05) is 4.90 Å². The Bertz CT molecular complexity index is 217. The van der Waals surface area contributed by atoms with Gasteiger partial charge in [-0.1, -0.05) is 13.8 Å². The number of urea groups is 1. The number of rotatable bonds is 4. The van der Waals surface area contributed by atoms with Crippen LogP contribution < -0.4 is 5.32 Å². The Hall–Kier alpha value is -0.770. The number of nitrogens with one attached hydrogen (secondary N) is 1. The molecule has 1 aliphatic heterocycles. The van der Waals surface area contributed by atoms with Gasteiger partial charge in [0.2, 0.25) is 0 Å². The lowest BCUT2D eigenvalue weighted by Gasteiger charge is -2.33. The lowest BCUT2D eigenvalue weighted by molar-refractivity contribution is 0.127. The molecule has 0 aromatic carbocycles. The number of piperidine rings is 1. The Morgan fingerprint density at radius 1 is 1.50 bits per heavy atom. The van der Waals surface area contributed by atoms with E-state index in [1.54, 1.807) is 0 Å². The van der Waals surface area contributed by atoms with Gasteiger partial charge in [0.15, 0.2) is 0 Å². The van der Waals surface area contributed by atoms with Crippen LogP contribution >= 0.6 is 0 Å². The van der Waals surface area contributed by atoms with Crippen LogP contribution in [0.3, 0.4) is 0 Å². The highest BCUT2D eigenvalue weighted by Crippen LogP contribution is 2.15. The van der Waals surface area contributed by atoms with E-state index >= 15 is 0 Å². The summed E-state index contributed by atoms with van der Waals surface area (Å²) in [5, 5.41) is 12.1. The van der Waals surface area contributed by atoms with Crippen molar-refractivity contribution < 1.29 is 9.90 Å². The number of hydrogen-bond acceptors (Lipinski definition) is 2. The minimum absolute atomic E-state index is 0.0341. The van der Waals surface area contributed by atoms with Crippen LogP contribution in [0.1, 0.15) is 39.5 Å². The molecular weight excluding hydrogens is 204 g/mol. The molecule has 94 valence electrons. The molecule has 1 fully saturated rings. The van der Waals surface area contributed by atoms with Gasteiger partial charge in [-0.25, -0.2) is 4.79 Å². The molecule has 0 aromatic rings. The Morgan fingerprint density at radius 3 is 2.75 bits per heavy atom. The van der Waals surface area contributed by atoms with E-state index in [4.69, 9.17) is 5.11 Å². The van der Waals surface area contributed by atoms with Gasteiger partial charge >= 0.3 is 6.03 Å². The summed E-state index contributed by atoms with van der Waals surface area (Å²) < 4.78 is 0. The van der Waals surface area contributed by atoms with Gasteiger partial charge in [0, 0.05) is 25.7 Å². The molecule has 2 N–H and O–H groups in total. The number of aliphatic hydroxyl groups is 1. The van der Waals surface area contributed by atoms with E-state index in [0.717, 1.165) is 32.2 Å². The predicted octanol–water partition coefficient (Wildman–Crippen LogP) is 1.59. The second kappa shape index (κ2) is 6.74. The van der Waals surface area contributed by atoms with Gasteiger partial charge < -0.3 is 15.3 Å². The van der Waals surface area contributed by atoms with Crippen LogP contribution in [0.2, 0.25) is 0 Å². The molecule has 0 radical (unpaired) electrons. The first-order valence-corrected chi connectivity index (χ1v) is 6.37. The van der Waals surface area contributed by atoms with Crippen molar-refractivity contribution in [3.05, 3.63) is 0 Å². The molecule has 0 spiro atoms. The summed E-state index contributed by atoms with van der Waals surface area (Å²) in [5.74, 6) is 0.265. The molecule has 0 aliphatic carbocycles. The molecule has 1 heterocycles. The SMILES string of the molecule is CCC(CC)NC(=O)N1CCCC(CO)C1. The van der Waals surface area contributed by atoms with Gasteiger partial charge in [0.05, 0.1) is 0 Å². The third-order valence-electron chi connectivity index (χ3n) is 3.38. The first-order valence-electron chi connectivity index (χ1n) is 6.37. The highest BCUT2D eigenvalue weighted by atomic mass is 16.3. The van der Waals surface area contributed by atoms with E-state index in [1.165, 1.54) is 0 Å². The van der Waals surface area contributed by atoms with Crippen LogP contribution in [0.25, 0.3) is 0 Å². The zero-order valence-electron chi connectivity index (χ0n) is 10.4. The zero-order valence-corrected chi connectivity index (χ0v) is 10.4. The summed E-state index contributed by atoms with van der Waals surface area (Å²) in [6.45, 7) is 5.88. The van der Waals surface area contributed by atoms with Crippen molar-refractivity contribution in [2.45, 2.75) is 45.6 Å². The highest BCUT2D eigenvalue weighted by molar-refractivity contribution is 5.74. The molecule has 16 heavy (non-hydrogen) atoms. The first kappa shape index (κ1) is 13.3. The lowest BCUT2D eigenvalue weighted by atomic mass is 9.99. The summed E-state index contributed by atoms with van der Waals surface area (Å²) in [7, 11) is 0. The molecule has 1 atom stereocenters. The first-order chi connectivity index (χ1) is 7.71. The maximum atomic E-state index is 11.9. The van der Waals surface area contributed by atoms with Gasteiger partial charge in [0.25, 0.3) is 0 Å². The van der Waals surface area contributed by atoms with Crippen LogP contribution in [0.4, 0.5) is 4.79 Å². The van der Waals surface area contributed by atoms with Crippen molar-refractivity contribution >= 4 is 6.03 Å². The van der Waals surface area contributed by atoms with E-state index in [9.17, 15) is 4.79 Å². The number of likely N-dealkylation sites (tertiary alicyclic amines) is 1. The number of hydrogen-bond donors (Lipinski definition) is 2. The highest BCUT2D eigenvalue weighted by Gasteiger charge is 2.23. The Labute approximate surface area is 98.0 Å². The number of nitrogens with zero attached hydrogens (tertiary/aromatic N) is 1. The van der Waals surface area contributed by atoms with Crippen molar-refractivity contribution in [3.8, 4) is 0 Å². The summed E-state index contributed by atoms with van der Waals surface area (Å²) in [6.07, 6.45) is 3.98. The number of carbonyl (C=O) groups is 1. The van der Waals surface area contributed by atoms with Gasteiger partial charge in [-0.05, 0) is 31.6 Å². The molecule has 1 rings (SSSR count). The Kier molecular flexibility index (Phi) is 5.60. The summed E-state index contributed by atoms with van der Waals surface area (Å²) in [4.78, 5) is 13.8. The minimum atomic E-state index is 0.0341. The Balaban J connectivity index is 2.40. The predicted molar refractivity (Wildman–Crippen MR) is 64.3 cm³/mol. The lowest BCUT2D eigenvalue weighted by Crippen LogP contribution is -2.48. The maximum Gasteiger partial charge on any atom is 0.317 e. The fourth-order valence-electron chi connectivity index (χ4n) is 2.16. The molecule has 2 amide bonds. The van der Waals surface area contributed by atoms with Crippen molar-refractivity contribution in [2.24, 2.45) is 5.92 Å². The molecule has 1 aliphatic rings. The van der Waals surface area contributed by atoms with Crippen molar-refractivity contribution in [2.75, 3.05) is 19.7 Å². The quantitative estimate of drug-likeness (QED) is 0.767. The topological polar surface area (TPSA) is 52.6 Å². The largest absolute Gasteiger partial charge is 0.396 e. The minimum Gasteiger partial charge on any atom is -0.396 e. The van der Waals surface area contributed by atoms with Crippen LogP contribution in [0, 0.1) is 5.92 Å². The third kappa shape index (κ3) is 3.67. The van der Waals surface area contributed by atoms with Crippen molar-refractivity contribution in [1.29, 1.82) is 0 Å². The molecule has 0 bridgehead atoms. The van der Waals surface area contributed by atoms with E-state index in [-0.39, 0.29) is 24.6 Å². The van der Waals surface area contributed by atoms with Crippen LogP contribution in [-0.2, 0) is 0 Å². The normalized spacial score (nSPS) is 21.2. The monoisotopic (exact) mass is 228 g/mol. The average molecular weight is 228 g/mol. The van der Waals surface area contributed by atoms with Gasteiger partial charge in [-0.2, -0.15) is 0 Å². The van der Waals surface area contributed by atoms with Crippen LogP contribution in [0.5, 0.6) is 0 Å². The average Bonchev–Trinajstić information content (AvgIpc) is 2.35. The standard InChI is InChI=1S/C12H24N2O2/c1-3-11(4-2)13-12(16)14-7-5-6-10(8-14)9-15/h10-11,15H,3-9H2,1-2H3,(H,13,16). The summed E-state index contributed by atoms with van der Waals surface area (Å²) in [5.41, 5.74) is 0. The molecule has 1 saturated heterocycles. The number of aliphatic hydroxyl groups excluding tert-OH is 1. The van der Waals surface area contributed by atoms with E-state index in [2.05, 4.69) is 19.2 Å².